The summed E-state index contributed by atoms with van der Waals surface area (Å²) in [4.78, 5) is 19.5. The van der Waals surface area contributed by atoms with E-state index in [0.717, 1.165) is 29.8 Å². The van der Waals surface area contributed by atoms with E-state index in [2.05, 4.69) is 9.97 Å². The van der Waals surface area contributed by atoms with Gasteiger partial charge in [0.1, 0.15) is 6.33 Å². The van der Waals surface area contributed by atoms with Gasteiger partial charge in [-0.05, 0) is 43.4 Å². The highest BCUT2D eigenvalue weighted by Gasteiger charge is 2.26. The molecule has 1 saturated heterocycles. The van der Waals surface area contributed by atoms with E-state index in [4.69, 9.17) is 5.11 Å². The van der Waals surface area contributed by atoms with Gasteiger partial charge in [-0.3, -0.25) is 0 Å². The van der Waals surface area contributed by atoms with Crippen LogP contribution >= 0.6 is 0 Å². The summed E-state index contributed by atoms with van der Waals surface area (Å²) in [5, 5.41) is 8.98. The maximum absolute atomic E-state index is 11.8. The third-order valence-corrected chi connectivity index (χ3v) is 5.87. The van der Waals surface area contributed by atoms with Crippen molar-refractivity contribution < 1.29 is 18.3 Å². The predicted molar refractivity (Wildman–Crippen MR) is 97.3 cm³/mol. The second kappa shape index (κ2) is 7.51. The number of aromatic nitrogens is 2. The third-order valence-electron chi connectivity index (χ3n) is 4.60. The fourth-order valence-electron chi connectivity index (χ4n) is 3.24. The third kappa shape index (κ3) is 4.44. The Morgan fingerprint density at radius 2 is 2.00 bits per heavy atom. The summed E-state index contributed by atoms with van der Waals surface area (Å²) in [6.45, 7) is 1.10. The molecule has 2 heterocycles. The van der Waals surface area contributed by atoms with Crippen molar-refractivity contribution in [2.24, 2.45) is 5.92 Å². The number of aromatic carboxylic acids is 1. The molecule has 1 aromatic heterocycles. The monoisotopic (exact) mass is 375 g/mol. The van der Waals surface area contributed by atoms with Crippen molar-refractivity contribution in [3.63, 3.8) is 0 Å². The number of hydrogen-bond acceptors (Lipinski definition) is 5. The first kappa shape index (κ1) is 18.5. The molecule has 0 amide bonds. The van der Waals surface area contributed by atoms with E-state index in [9.17, 15) is 13.2 Å². The SMILES string of the molecule is CS(=O)(=O)N1CCC[C@H](Cc2cc(-c3ccc(C(=O)O)cc3)ncn2)C1. The van der Waals surface area contributed by atoms with E-state index < -0.39 is 16.0 Å². The number of sulfonamides is 1. The molecule has 0 radical (unpaired) electrons. The molecule has 2 aromatic rings. The Kier molecular flexibility index (Phi) is 5.33. The Morgan fingerprint density at radius 3 is 2.65 bits per heavy atom. The van der Waals surface area contributed by atoms with E-state index in [0.29, 0.717) is 19.5 Å². The topological polar surface area (TPSA) is 100 Å². The van der Waals surface area contributed by atoms with Gasteiger partial charge < -0.3 is 5.11 Å². The quantitative estimate of drug-likeness (QED) is 0.858. The fraction of sp³-hybridized carbons (Fsp3) is 0.389. The molecular weight excluding hydrogens is 354 g/mol. The minimum absolute atomic E-state index is 0.228. The fourth-order valence-corrected chi connectivity index (χ4v) is 4.18. The van der Waals surface area contributed by atoms with Gasteiger partial charge in [0.15, 0.2) is 0 Å². The Balaban J connectivity index is 1.74. The van der Waals surface area contributed by atoms with Crippen molar-refractivity contribution in [2.75, 3.05) is 19.3 Å². The first-order valence-corrected chi connectivity index (χ1v) is 10.3. The Bertz CT molecular complexity index is 897. The van der Waals surface area contributed by atoms with Crippen molar-refractivity contribution >= 4 is 16.0 Å². The number of carbonyl (C=O) groups is 1. The average Bonchev–Trinajstić information content (AvgIpc) is 2.61. The number of nitrogens with zero attached hydrogens (tertiary/aromatic N) is 3. The van der Waals surface area contributed by atoms with Gasteiger partial charge in [0, 0.05) is 24.3 Å². The lowest BCUT2D eigenvalue weighted by atomic mass is 9.94. The highest BCUT2D eigenvalue weighted by molar-refractivity contribution is 7.88. The molecule has 1 aliphatic heterocycles. The normalized spacial score (nSPS) is 18.6. The molecule has 26 heavy (non-hydrogen) atoms. The van der Waals surface area contributed by atoms with Gasteiger partial charge in [-0.2, -0.15) is 0 Å². The van der Waals surface area contributed by atoms with Gasteiger partial charge in [0.25, 0.3) is 0 Å². The Morgan fingerprint density at radius 1 is 1.27 bits per heavy atom. The van der Waals surface area contributed by atoms with Crippen molar-refractivity contribution in [1.82, 2.24) is 14.3 Å². The molecule has 7 nitrogen and oxygen atoms in total. The molecule has 0 unspecified atom stereocenters. The van der Waals surface area contributed by atoms with Crippen LogP contribution in [-0.2, 0) is 16.4 Å². The summed E-state index contributed by atoms with van der Waals surface area (Å²) < 4.78 is 25.1. The van der Waals surface area contributed by atoms with Crippen molar-refractivity contribution in [2.45, 2.75) is 19.3 Å². The molecule has 0 saturated carbocycles. The van der Waals surface area contributed by atoms with E-state index in [1.54, 1.807) is 24.3 Å². The van der Waals surface area contributed by atoms with Crippen LogP contribution in [0.5, 0.6) is 0 Å². The molecule has 1 aliphatic rings. The van der Waals surface area contributed by atoms with Crippen LogP contribution in [0.1, 0.15) is 28.9 Å². The molecular formula is C18H21N3O4S. The highest BCUT2D eigenvalue weighted by atomic mass is 32.2. The number of carboxylic acid groups (broad SMARTS) is 1. The first-order chi connectivity index (χ1) is 12.3. The van der Waals surface area contributed by atoms with E-state index in [1.165, 1.54) is 16.9 Å². The minimum Gasteiger partial charge on any atom is -0.478 e. The van der Waals surface area contributed by atoms with E-state index >= 15 is 0 Å². The van der Waals surface area contributed by atoms with E-state index in [1.807, 2.05) is 6.07 Å². The van der Waals surface area contributed by atoms with E-state index in [-0.39, 0.29) is 11.5 Å². The van der Waals surface area contributed by atoms with Crippen LogP contribution in [0.4, 0.5) is 0 Å². The second-order valence-electron chi connectivity index (χ2n) is 6.61. The van der Waals surface area contributed by atoms with Crippen molar-refractivity contribution in [3.05, 3.63) is 47.9 Å². The smallest absolute Gasteiger partial charge is 0.335 e. The van der Waals surface area contributed by atoms with Crippen molar-refractivity contribution in [3.8, 4) is 11.3 Å². The van der Waals surface area contributed by atoms with Crippen LogP contribution in [0.2, 0.25) is 0 Å². The van der Waals surface area contributed by atoms with Crippen LogP contribution in [0.3, 0.4) is 0 Å². The standard InChI is InChI=1S/C18H21N3O4S/c1-26(24,25)21-8-2-3-13(11-21)9-16-10-17(20-12-19-16)14-4-6-15(7-5-14)18(22)23/h4-7,10,12-13H,2-3,8-9,11H2,1H3,(H,22,23)/t13-/m1/s1. The summed E-state index contributed by atoms with van der Waals surface area (Å²) in [5.41, 5.74) is 2.63. The van der Waals surface area contributed by atoms with Gasteiger partial charge in [-0.15, -0.1) is 0 Å². The number of benzene rings is 1. The molecule has 1 N–H and O–H groups in total. The molecule has 8 heteroatoms. The van der Waals surface area contributed by atoms with Gasteiger partial charge in [-0.1, -0.05) is 12.1 Å². The molecule has 3 rings (SSSR count). The van der Waals surface area contributed by atoms with Gasteiger partial charge >= 0.3 is 5.97 Å². The number of rotatable bonds is 5. The molecule has 0 aliphatic carbocycles. The number of piperidine rings is 1. The Hall–Kier alpha value is -2.32. The lowest BCUT2D eigenvalue weighted by Crippen LogP contribution is -2.39. The molecule has 1 aromatic carbocycles. The molecule has 138 valence electrons. The zero-order valence-corrected chi connectivity index (χ0v) is 15.3. The second-order valence-corrected chi connectivity index (χ2v) is 8.59. The van der Waals surface area contributed by atoms with Crippen LogP contribution in [0, 0.1) is 5.92 Å². The van der Waals surface area contributed by atoms with Gasteiger partial charge in [0.05, 0.1) is 17.5 Å². The number of carboxylic acids is 1. The van der Waals surface area contributed by atoms with Crippen LogP contribution in [-0.4, -0.2) is 53.1 Å². The van der Waals surface area contributed by atoms with Crippen LogP contribution in [0.25, 0.3) is 11.3 Å². The van der Waals surface area contributed by atoms with Crippen LogP contribution < -0.4 is 0 Å². The first-order valence-electron chi connectivity index (χ1n) is 8.42. The maximum Gasteiger partial charge on any atom is 0.335 e. The lowest BCUT2D eigenvalue weighted by Gasteiger charge is -2.30. The summed E-state index contributed by atoms with van der Waals surface area (Å²) in [6.07, 6.45) is 5.26. The largest absolute Gasteiger partial charge is 0.478 e. The summed E-state index contributed by atoms with van der Waals surface area (Å²) in [5.74, 6) is -0.733. The molecule has 0 spiro atoms. The summed E-state index contributed by atoms with van der Waals surface area (Å²) in [6, 6.07) is 8.42. The summed E-state index contributed by atoms with van der Waals surface area (Å²) >= 11 is 0. The zero-order valence-electron chi connectivity index (χ0n) is 14.5. The minimum atomic E-state index is -3.16. The molecule has 0 bridgehead atoms. The maximum atomic E-state index is 11.8. The number of hydrogen-bond donors (Lipinski definition) is 1. The molecule has 1 fully saturated rings. The van der Waals surface area contributed by atoms with Crippen LogP contribution in [0.15, 0.2) is 36.7 Å². The predicted octanol–water partition coefficient (Wildman–Crippen LogP) is 2.06. The van der Waals surface area contributed by atoms with Gasteiger partial charge in [0.2, 0.25) is 10.0 Å². The average molecular weight is 375 g/mol. The summed E-state index contributed by atoms with van der Waals surface area (Å²) in [7, 11) is -3.16. The zero-order chi connectivity index (χ0) is 18.7. The highest BCUT2D eigenvalue weighted by Crippen LogP contribution is 2.24. The lowest BCUT2D eigenvalue weighted by molar-refractivity contribution is 0.0697. The molecule has 1 atom stereocenters. The van der Waals surface area contributed by atoms with Crippen molar-refractivity contribution in [1.29, 1.82) is 0 Å². The Labute approximate surface area is 152 Å². The van der Waals surface area contributed by atoms with Gasteiger partial charge in [-0.25, -0.2) is 27.5 Å².